The van der Waals surface area contributed by atoms with E-state index < -0.39 is 0 Å². The zero-order valence-corrected chi connectivity index (χ0v) is 10.8. The van der Waals surface area contributed by atoms with Crippen molar-refractivity contribution in [2.45, 2.75) is 25.1 Å². The number of carbonyl (C=O) groups excluding carboxylic acids is 1. The second kappa shape index (κ2) is 6.07. The summed E-state index contributed by atoms with van der Waals surface area (Å²) in [4.78, 5) is 19.2. The van der Waals surface area contributed by atoms with E-state index in [4.69, 9.17) is 4.74 Å². The van der Waals surface area contributed by atoms with Crippen LogP contribution in [0.1, 0.15) is 13.8 Å². The van der Waals surface area contributed by atoms with Gasteiger partial charge in [0.2, 0.25) is 0 Å². The number of nitrogens with zero attached hydrogens (tertiary/aromatic N) is 2. The average molecular weight is 291 g/mol. The molecule has 0 saturated carbocycles. The second-order valence-electron chi connectivity index (χ2n) is 3.01. The highest BCUT2D eigenvalue weighted by Gasteiger charge is 2.07. The van der Waals surface area contributed by atoms with Crippen LogP contribution in [0.5, 0.6) is 0 Å². The normalized spacial score (nSPS) is 10.4. The molecule has 0 aromatic carbocycles. The molecule has 82 valence electrons. The number of hydrogen-bond acceptors (Lipinski definition) is 5. The fourth-order valence-electron chi connectivity index (χ4n) is 0.795. The quantitative estimate of drug-likeness (QED) is 0.484. The Morgan fingerprint density at radius 1 is 1.53 bits per heavy atom. The lowest BCUT2D eigenvalue weighted by molar-refractivity contribution is -0.144. The van der Waals surface area contributed by atoms with Crippen molar-refractivity contribution in [3.63, 3.8) is 0 Å². The summed E-state index contributed by atoms with van der Waals surface area (Å²) in [5.74, 6) is -0.0127. The van der Waals surface area contributed by atoms with Gasteiger partial charge in [0.15, 0.2) is 5.16 Å². The molecule has 1 heterocycles. The predicted octanol–water partition coefficient (Wildman–Crippen LogP) is 2.28. The zero-order valence-electron chi connectivity index (χ0n) is 8.44. The van der Waals surface area contributed by atoms with Gasteiger partial charge in [0.1, 0.15) is 0 Å². The van der Waals surface area contributed by atoms with Crippen LogP contribution in [0.15, 0.2) is 22.0 Å². The maximum atomic E-state index is 11.2. The summed E-state index contributed by atoms with van der Waals surface area (Å²) < 4.78 is 5.79. The molecule has 0 atom stereocenters. The average Bonchev–Trinajstić information content (AvgIpc) is 2.16. The van der Waals surface area contributed by atoms with E-state index in [0.717, 1.165) is 4.47 Å². The van der Waals surface area contributed by atoms with Gasteiger partial charge in [0.25, 0.3) is 0 Å². The SMILES string of the molecule is CC(C)OC(=O)CSc1ncc(Br)cn1. The smallest absolute Gasteiger partial charge is 0.316 e. The largest absolute Gasteiger partial charge is 0.462 e. The lowest BCUT2D eigenvalue weighted by atomic mass is 10.5. The molecule has 15 heavy (non-hydrogen) atoms. The monoisotopic (exact) mass is 290 g/mol. The van der Waals surface area contributed by atoms with Crippen molar-refractivity contribution in [2.24, 2.45) is 0 Å². The van der Waals surface area contributed by atoms with Gasteiger partial charge in [0.05, 0.1) is 16.3 Å². The van der Waals surface area contributed by atoms with Gasteiger partial charge in [0, 0.05) is 12.4 Å². The fraction of sp³-hybridized carbons (Fsp3) is 0.444. The first-order valence-corrected chi connectivity index (χ1v) is 6.15. The van der Waals surface area contributed by atoms with Crippen LogP contribution >= 0.6 is 27.7 Å². The van der Waals surface area contributed by atoms with Crippen molar-refractivity contribution in [1.29, 1.82) is 0 Å². The third-order valence-corrected chi connectivity index (χ3v) is 2.54. The van der Waals surface area contributed by atoms with E-state index in [0.29, 0.717) is 5.16 Å². The van der Waals surface area contributed by atoms with Crippen molar-refractivity contribution in [2.75, 3.05) is 5.75 Å². The van der Waals surface area contributed by atoms with Gasteiger partial charge in [-0.2, -0.15) is 0 Å². The second-order valence-corrected chi connectivity index (χ2v) is 4.87. The van der Waals surface area contributed by atoms with E-state index in [1.54, 1.807) is 12.4 Å². The van der Waals surface area contributed by atoms with Crippen LogP contribution in [0.3, 0.4) is 0 Å². The lowest BCUT2D eigenvalue weighted by Crippen LogP contribution is -2.13. The van der Waals surface area contributed by atoms with Gasteiger partial charge in [-0.1, -0.05) is 11.8 Å². The van der Waals surface area contributed by atoms with Gasteiger partial charge < -0.3 is 4.74 Å². The van der Waals surface area contributed by atoms with Crippen molar-refractivity contribution in [1.82, 2.24) is 9.97 Å². The first-order chi connectivity index (χ1) is 7.08. The molecule has 0 unspecified atom stereocenters. The Labute approximate surface area is 101 Å². The van der Waals surface area contributed by atoms with Crippen LogP contribution < -0.4 is 0 Å². The molecular formula is C9H11BrN2O2S. The predicted molar refractivity (Wildman–Crippen MR) is 61.7 cm³/mol. The molecule has 4 nitrogen and oxygen atoms in total. The summed E-state index contributed by atoms with van der Waals surface area (Å²) >= 11 is 4.49. The highest BCUT2D eigenvalue weighted by atomic mass is 79.9. The summed E-state index contributed by atoms with van der Waals surface area (Å²) in [5, 5.41) is 0.568. The molecule has 0 radical (unpaired) electrons. The first kappa shape index (κ1) is 12.4. The molecule has 0 amide bonds. The number of rotatable bonds is 4. The Kier molecular flexibility index (Phi) is 5.04. The van der Waals surface area contributed by atoms with E-state index in [9.17, 15) is 4.79 Å². The van der Waals surface area contributed by atoms with Crippen molar-refractivity contribution >= 4 is 33.7 Å². The first-order valence-electron chi connectivity index (χ1n) is 4.37. The van der Waals surface area contributed by atoms with Crippen molar-refractivity contribution in [3.8, 4) is 0 Å². The van der Waals surface area contributed by atoms with Crippen LogP contribution in [-0.2, 0) is 9.53 Å². The van der Waals surface area contributed by atoms with Crippen molar-refractivity contribution < 1.29 is 9.53 Å². The number of aromatic nitrogens is 2. The van der Waals surface area contributed by atoms with Crippen LogP contribution in [0.4, 0.5) is 0 Å². The molecule has 0 spiro atoms. The van der Waals surface area contributed by atoms with Crippen LogP contribution in [0.25, 0.3) is 0 Å². The minimum atomic E-state index is -0.249. The summed E-state index contributed by atoms with van der Waals surface area (Å²) in [7, 11) is 0. The molecule has 0 fully saturated rings. The van der Waals surface area contributed by atoms with Crippen LogP contribution in [-0.4, -0.2) is 27.8 Å². The third kappa shape index (κ3) is 5.13. The van der Waals surface area contributed by atoms with Crippen molar-refractivity contribution in [3.05, 3.63) is 16.9 Å². The van der Waals surface area contributed by atoms with Gasteiger partial charge in [-0.15, -0.1) is 0 Å². The maximum Gasteiger partial charge on any atom is 0.316 e. The summed E-state index contributed by atoms with van der Waals surface area (Å²) in [5.41, 5.74) is 0. The fourth-order valence-corrected chi connectivity index (χ4v) is 1.57. The number of hydrogen-bond donors (Lipinski definition) is 0. The lowest BCUT2D eigenvalue weighted by Gasteiger charge is -2.06. The topological polar surface area (TPSA) is 52.1 Å². The van der Waals surface area contributed by atoms with Gasteiger partial charge in [-0.05, 0) is 29.8 Å². The highest BCUT2D eigenvalue weighted by molar-refractivity contribution is 9.10. The molecule has 1 aromatic heterocycles. The molecule has 1 rings (SSSR count). The number of carbonyl (C=O) groups is 1. The van der Waals surface area contributed by atoms with Gasteiger partial charge in [-0.3, -0.25) is 4.79 Å². The number of halogens is 1. The van der Waals surface area contributed by atoms with E-state index in [2.05, 4.69) is 25.9 Å². The Morgan fingerprint density at radius 2 is 2.13 bits per heavy atom. The molecular weight excluding hydrogens is 280 g/mol. The van der Waals surface area contributed by atoms with E-state index in [-0.39, 0.29) is 17.8 Å². The molecule has 0 N–H and O–H groups in total. The van der Waals surface area contributed by atoms with Gasteiger partial charge in [-0.25, -0.2) is 9.97 Å². The Balaban J connectivity index is 2.37. The summed E-state index contributed by atoms with van der Waals surface area (Å²) in [6, 6.07) is 0. The molecule has 0 saturated heterocycles. The number of thioether (sulfide) groups is 1. The Hall–Kier alpha value is -0.620. The molecule has 0 aliphatic heterocycles. The van der Waals surface area contributed by atoms with E-state index >= 15 is 0 Å². The standard InChI is InChI=1S/C9H11BrN2O2S/c1-6(2)14-8(13)5-15-9-11-3-7(10)4-12-9/h3-4,6H,5H2,1-2H3. The zero-order chi connectivity index (χ0) is 11.3. The molecule has 0 aliphatic carbocycles. The minimum Gasteiger partial charge on any atom is -0.462 e. The van der Waals surface area contributed by atoms with E-state index in [1.807, 2.05) is 13.8 Å². The minimum absolute atomic E-state index is 0.0797. The third-order valence-electron chi connectivity index (χ3n) is 1.28. The van der Waals surface area contributed by atoms with Gasteiger partial charge >= 0.3 is 5.97 Å². The maximum absolute atomic E-state index is 11.2. The van der Waals surface area contributed by atoms with Crippen LogP contribution in [0, 0.1) is 0 Å². The summed E-state index contributed by atoms with van der Waals surface area (Å²) in [6.45, 7) is 3.64. The van der Waals surface area contributed by atoms with Crippen LogP contribution in [0.2, 0.25) is 0 Å². The summed E-state index contributed by atoms with van der Waals surface area (Å²) in [6.07, 6.45) is 3.20. The number of esters is 1. The molecule has 1 aromatic rings. The Morgan fingerprint density at radius 3 is 2.67 bits per heavy atom. The molecule has 6 heteroatoms. The Bertz CT molecular complexity index is 329. The number of ether oxygens (including phenoxy) is 1. The molecule has 0 aliphatic rings. The molecule has 0 bridgehead atoms. The highest BCUT2D eigenvalue weighted by Crippen LogP contribution is 2.14. The van der Waals surface area contributed by atoms with E-state index in [1.165, 1.54) is 11.8 Å².